The van der Waals surface area contributed by atoms with Crippen molar-refractivity contribution in [2.24, 2.45) is 0 Å². The van der Waals surface area contributed by atoms with Gasteiger partial charge in [-0.05, 0) is 77.6 Å². The molecule has 3 heterocycles. The SMILES string of the molecule is CC(=O)N1c2ccc(-c3cnn(C4CCN(C(=O)OC(C)(C)C)CC4)c3)c(Oc3cc(F)ccc3F)c2CCC1C. The van der Waals surface area contributed by atoms with Crippen LogP contribution < -0.4 is 9.64 Å². The molecule has 10 heteroatoms. The van der Waals surface area contributed by atoms with Gasteiger partial charge in [0, 0.05) is 55.0 Å². The van der Waals surface area contributed by atoms with Crippen LogP contribution in [0.15, 0.2) is 42.7 Å². The summed E-state index contributed by atoms with van der Waals surface area (Å²) in [6.07, 6.45) is 6.07. The molecule has 0 saturated carbocycles. The van der Waals surface area contributed by atoms with Gasteiger partial charge < -0.3 is 19.3 Å². The van der Waals surface area contributed by atoms with Crippen LogP contribution >= 0.6 is 0 Å². The number of halogens is 2. The van der Waals surface area contributed by atoms with Gasteiger partial charge in [0.1, 0.15) is 17.2 Å². The number of nitrogens with zero attached hydrogens (tertiary/aromatic N) is 4. The molecular formula is C31H36F2N4O4. The first-order valence-corrected chi connectivity index (χ1v) is 14.0. The topological polar surface area (TPSA) is 76.9 Å². The molecule has 5 rings (SSSR count). The zero-order valence-corrected chi connectivity index (χ0v) is 24.1. The average Bonchev–Trinajstić information content (AvgIpc) is 3.39. The minimum atomic E-state index is -0.685. The van der Waals surface area contributed by atoms with Crippen molar-refractivity contribution >= 4 is 17.7 Å². The molecule has 0 spiro atoms. The maximum atomic E-state index is 14.7. The lowest BCUT2D eigenvalue weighted by Gasteiger charge is -2.36. The Kier molecular flexibility index (Phi) is 7.76. The number of hydrogen-bond acceptors (Lipinski definition) is 5. The summed E-state index contributed by atoms with van der Waals surface area (Å²) in [6.45, 7) is 10.2. The Morgan fingerprint density at radius 3 is 2.46 bits per heavy atom. The number of benzene rings is 2. The van der Waals surface area contributed by atoms with Gasteiger partial charge in [-0.1, -0.05) is 0 Å². The molecule has 41 heavy (non-hydrogen) atoms. The van der Waals surface area contributed by atoms with Gasteiger partial charge in [0.25, 0.3) is 0 Å². The maximum absolute atomic E-state index is 14.7. The Labute approximate surface area is 238 Å². The van der Waals surface area contributed by atoms with Crippen LogP contribution in [0.25, 0.3) is 11.1 Å². The lowest BCUT2D eigenvalue weighted by Crippen LogP contribution is -2.42. The number of anilines is 1. The Bertz CT molecular complexity index is 1460. The van der Waals surface area contributed by atoms with Crippen molar-refractivity contribution in [3.05, 3.63) is 59.9 Å². The van der Waals surface area contributed by atoms with E-state index >= 15 is 0 Å². The molecule has 3 aromatic rings. The minimum absolute atomic E-state index is 0.00102. The third-order valence-corrected chi connectivity index (χ3v) is 7.60. The minimum Gasteiger partial charge on any atom is -0.453 e. The summed E-state index contributed by atoms with van der Waals surface area (Å²) in [4.78, 5) is 28.5. The molecule has 2 aliphatic heterocycles. The van der Waals surface area contributed by atoms with Gasteiger partial charge in [0.05, 0.1) is 17.9 Å². The molecule has 1 aromatic heterocycles. The van der Waals surface area contributed by atoms with Crippen molar-refractivity contribution in [2.45, 2.75) is 78.0 Å². The standard InChI is InChI=1S/C31H36F2N4O4/c1-19-6-8-25-27(37(19)20(2)38)11-9-24(29(25)40-28-16-22(32)7-10-26(28)33)21-17-34-36(18-21)23-12-14-35(15-13-23)30(39)41-31(3,4)5/h7,9-11,16-19,23H,6,8,12-15H2,1-5H3. The molecule has 2 amide bonds. The molecule has 8 nitrogen and oxygen atoms in total. The van der Waals surface area contributed by atoms with Gasteiger partial charge in [0.2, 0.25) is 5.91 Å². The lowest BCUT2D eigenvalue weighted by atomic mass is 9.92. The Hall–Kier alpha value is -3.95. The highest BCUT2D eigenvalue weighted by Crippen LogP contribution is 2.45. The van der Waals surface area contributed by atoms with Crippen LogP contribution in [0.2, 0.25) is 0 Å². The van der Waals surface area contributed by atoms with E-state index in [1.807, 2.05) is 50.7 Å². The van der Waals surface area contributed by atoms with E-state index in [-0.39, 0.29) is 29.8 Å². The second kappa shape index (κ2) is 11.1. The van der Waals surface area contributed by atoms with Gasteiger partial charge in [0.15, 0.2) is 11.6 Å². The van der Waals surface area contributed by atoms with Crippen molar-refractivity contribution in [1.82, 2.24) is 14.7 Å². The van der Waals surface area contributed by atoms with Gasteiger partial charge in [-0.25, -0.2) is 13.6 Å². The van der Waals surface area contributed by atoms with Crippen LogP contribution in [0.4, 0.5) is 19.3 Å². The zero-order valence-electron chi connectivity index (χ0n) is 24.1. The van der Waals surface area contributed by atoms with Crippen molar-refractivity contribution in [1.29, 1.82) is 0 Å². The summed E-state index contributed by atoms with van der Waals surface area (Å²) < 4.78 is 42.3. The van der Waals surface area contributed by atoms with Crippen LogP contribution in [-0.4, -0.2) is 51.4 Å². The van der Waals surface area contributed by atoms with Gasteiger partial charge in [-0.3, -0.25) is 9.48 Å². The van der Waals surface area contributed by atoms with Crippen LogP contribution in [0.3, 0.4) is 0 Å². The van der Waals surface area contributed by atoms with Crippen LogP contribution in [0, 0.1) is 11.6 Å². The molecule has 1 atom stereocenters. The predicted octanol–water partition coefficient (Wildman–Crippen LogP) is 6.88. The first kappa shape index (κ1) is 28.6. The zero-order chi connectivity index (χ0) is 29.5. The smallest absolute Gasteiger partial charge is 0.410 e. The van der Waals surface area contributed by atoms with E-state index in [1.54, 1.807) is 16.0 Å². The summed E-state index contributed by atoms with van der Waals surface area (Å²) in [6, 6.07) is 6.90. The number of rotatable bonds is 4. The molecule has 2 aliphatic rings. The molecular weight excluding hydrogens is 530 g/mol. The van der Waals surface area contributed by atoms with Gasteiger partial charge >= 0.3 is 6.09 Å². The summed E-state index contributed by atoms with van der Waals surface area (Å²) in [5.74, 6) is -1.24. The molecule has 0 radical (unpaired) electrons. The second-order valence-electron chi connectivity index (χ2n) is 11.8. The van der Waals surface area contributed by atoms with Crippen molar-refractivity contribution in [2.75, 3.05) is 18.0 Å². The predicted molar refractivity (Wildman–Crippen MR) is 151 cm³/mol. The van der Waals surface area contributed by atoms with E-state index in [2.05, 4.69) is 5.10 Å². The summed E-state index contributed by atoms with van der Waals surface area (Å²) in [5.41, 5.74) is 2.34. The first-order valence-electron chi connectivity index (χ1n) is 14.0. The van der Waals surface area contributed by atoms with E-state index < -0.39 is 17.2 Å². The average molecular weight is 567 g/mol. The Morgan fingerprint density at radius 2 is 1.78 bits per heavy atom. The van der Waals surface area contributed by atoms with Crippen molar-refractivity contribution in [3.8, 4) is 22.6 Å². The number of likely N-dealkylation sites (tertiary alicyclic amines) is 1. The van der Waals surface area contributed by atoms with E-state index in [4.69, 9.17) is 9.47 Å². The molecule has 2 aromatic carbocycles. The highest BCUT2D eigenvalue weighted by Gasteiger charge is 2.32. The summed E-state index contributed by atoms with van der Waals surface area (Å²) >= 11 is 0. The Morgan fingerprint density at radius 1 is 1.05 bits per heavy atom. The fourth-order valence-electron chi connectivity index (χ4n) is 5.61. The van der Waals surface area contributed by atoms with E-state index in [9.17, 15) is 18.4 Å². The number of amides is 2. The number of piperidine rings is 1. The highest BCUT2D eigenvalue weighted by atomic mass is 19.1. The number of ether oxygens (including phenoxy) is 2. The van der Waals surface area contributed by atoms with Crippen molar-refractivity contribution < 1.29 is 27.8 Å². The fourth-order valence-corrected chi connectivity index (χ4v) is 5.61. The quantitative estimate of drug-likeness (QED) is 0.344. The molecule has 0 N–H and O–H groups in total. The van der Waals surface area contributed by atoms with Crippen molar-refractivity contribution in [3.63, 3.8) is 0 Å². The number of carbonyl (C=O) groups excluding carboxylic acids is 2. The molecule has 218 valence electrons. The molecule has 0 bridgehead atoms. The van der Waals surface area contributed by atoms with E-state index in [1.165, 1.54) is 6.92 Å². The molecule has 1 saturated heterocycles. The third-order valence-electron chi connectivity index (χ3n) is 7.60. The van der Waals surface area contributed by atoms with Crippen LogP contribution in [0.5, 0.6) is 11.5 Å². The molecule has 1 fully saturated rings. The number of aromatic nitrogens is 2. The summed E-state index contributed by atoms with van der Waals surface area (Å²) in [7, 11) is 0. The normalized spacial score (nSPS) is 17.8. The first-order chi connectivity index (χ1) is 19.4. The second-order valence-corrected chi connectivity index (χ2v) is 11.8. The number of fused-ring (bicyclic) bond motifs is 1. The summed E-state index contributed by atoms with van der Waals surface area (Å²) in [5, 5.41) is 4.62. The highest BCUT2D eigenvalue weighted by molar-refractivity contribution is 5.95. The third kappa shape index (κ3) is 6.06. The van der Waals surface area contributed by atoms with Gasteiger partial charge in [-0.2, -0.15) is 5.10 Å². The fraction of sp³-hybridized carbons (Fsp3) is 0.452. The largest absolute Gasteiger partial charge is 0.453 e. The maximum Gasteiger partial charge on any atom is 0.410 e. The van der Waals surface area contributed by atoms with Crippen LogP contribution in [-0.2, 0) is 16.0 Å². The monoisotopic (exact) mass is 566 g/mol. The van der Waals surface area contributed by atoms with E-state index in [0.29, 0.717) is 55.8 Å². The van der Waals surface area contributed by atoms with Gasteiger partial charge in [-0.15, -0.1) is 0 Å². The number of hydrogen-bond donors (Lipinski definition) is 0. The molecule has 1 unspecified atom stereocenters. The molecule has 0 aliphatic carbocycles. The number of carbonyl (C=O) groups is 2. The Balaban J connectivity index is 1.46. The van der Waals surface area contributed by atoms with E-state index in [0.717, 1.165) is 29.3 Å². The van der Waals surface area contributed by atoms with Crippen LogP contribution in [0.1, 0.15) is 65.5 Å². The lowest BCUT2D eigenvalue weighted by molar-refractivity contribution is -0.117.